The lowest BCUT2D eigenvalue weighted by Gasteiger charge is -2.08. The fourth-order valence-corrected chi connectivity index (χ4v) is 3.12. The van der Waals surface area contributed by atoms with E-state index in [1.54, 1.807) is 48.5 Å². The zero-order chi connectivity index (χ0) is 22.2. The zero-order valence-corrected chi connectivity index (χ0v) is 18.8. The molecule has 158 valence electrons. The number of nitrogens with zero attached hydrogens (tertiary/aromatic N) is 2. The third kappa shape index (κ3) is 5.79. The van der Waals surface area contributed by atoms with Crippen molar-refractivity contribution in [3.63, 3.8) is 0 Å². The number of ether oxygens (including phenoxy) is 2. The highest BCUT2D eigenvalue weighted by Gasteiger charge is 2.12. The molecule has 31 heavy (non-hydrogen) atoms. The van der Waals surface area contributed by atoms with E-state index in [1.807, 2.05) is 12.1 Å². The summed E-state index contributed by atoms with van der Waals surface area (Å²) in [6, 6.07) is 18.4. The van der Waals surface area contributed by atoms with Crippen LogP contribution in [0, 0.1) is 3.57 Å². The molecule has 9 heteroatoms. The lowest BCUT2D eigenvalue weighted by molar-refractivity contribution is 0.0595. The Kier molecular flexibility index (Phi) is 7.55. The fourth-order valence-electron chi connectivity index (χ4n) is 2.51. The summed E-state index contributed by atoms with van der Waals surface area (Å²) in [6.07, 6.45) is 0. The minimum Gasteiger partial charge on any atom is -0.493 e. The van der Waals surface area contributed by atoms with Gasteiger partial charge in [-0.05, 0) is 77.2 Å². The molecule has 0 aromatic heterocycles. The highest BCUT2D eigenvalue weighted by atomic mass is 127. The molecule has 0 fully saturated rings. The molecule has 0 atom stereocenters. The SMILES string of the molecule is COc1ccc(C(=O)N=Nc2ccc(NOC(=O)c3ccccc3I)cc2)cc1OC. The Morgan fingerprint density at radius 1 is 0.903 bits per heavy atom. The van der Waals surface area contributed by atoms with E-state index in [0.29, 0.717) is 34.0 Å². The van der Waals surface area contributed by atoms with Gasteiger partial charge in [-0.3, -0.25) is 4.79 Å². The molecular weight excluding hydrogens is 513 g/mol. The Hall–Kier alpha value is -3.47. The third-order valence-corrected chi connectivity index (χ3v) is 5.05. The van der Waals surface area contributed by atoms with Crippen molar-refractivity contribution in [3.05, 3.63) is 81.4 Å². The molecule has 3 aromatic carbocycles. The summed E-state index contributed by atoms with van der Waals surface area (Å²) in [7, 11) is 3.00. The van der Waals surface area contributed by atoms with Gasteiger partial charge in [0.05, 0.1) is 31.2 Å². The number of nitrogens with one attached hydrogen (secondary N) is 1. The zero-order valence-electron chi connectivity index (χ0n) is 16.7. The second-order valence-electron chi connectivity index (χ2n) is 6.09. The summed E-state index contributed by atoms with van der Waals surface area (Å²) >= 11 is 2.07. The number of rotatable bonds is 7. The van der Waals surface area contributed by atoms with Gasteiger partial charge >= 0.3 is 5.97 Å². The highest BCUT2D eigenvalue weighted by Crippen LogP contribution is 2.28. The topological polar surface area (TPSA) is 98.6 Å². The maximum absolute atomic E-state index is 12.3. The van der Waals surface area contributed by atoms with Crippen LogP contribution in [0.4, 0.5) is 11.4 Å². The maximum Gasteiger partial charge on any atom is 0.363 e. The first-order valence-corrected chi connectivity index (χ1v) is 10.1. The predicted molar refractivity (Wildman–Crippen MR) is 123 cm³/mol. The molecule has 0 heterocycles. The molecule has 0 unspecified atom stereocenters. The molecule has 3 rings (SSSR count). The summed E-state index contributed by atoms with van der Waals surface area (Å²) in [4.78, 5) is 29.5. The fraction of sp³-hybridized carbons (Fsp3) is 0.0909. The Morgan fingerprint density at radius 3 is 2.29 bits per heavy atom. The van der Waals surface area contributed by atoms with E-state index in [9.17, 15) is 9.59 Å². The average Bonchev–Trinajstić information content (AvgIpc) is 2.81. The molecule has 3 aromatic rings. The van der Waals surface area contributed by atoms with Gasteiger partial charge in [0.2, 0.25) is 0 Å². The molecule has 1 amide bonds. The van der Waals surface area contributed by atoms with E-state index in [-0.39, 0.29) is 0 Å². The quantitative estimate of drug-likeness (QED) is 0.249. The van der Waals surface area contributed by atoms with Crippen LogP contribution in [0.5, 0.6) is 11.5 Å². The van der Waals surface area contributed by atoms with Crippen molar-refractivity contribution in [2.45, 2.75) is 0 Å². The van der Waals surface area contributed by atoms with Gasteiger partial charge in [0.1, 0.15) is 0 Å². The normalized spacial score (nSPS) is 10.5. The molecule has 0 aliphatic rings. The molecule has 1 N–H and O–H groups in total. The van der Waals surface area contributed by atoms with Crippen LogP contribution >= 0.6 is 22.6 Å². The summed E-state index contributed by atoms with van der Waals surface area (Å²) in [5, 5.41) is 7.67. The predicted octanol–water partition coefficient (Wildman–Crippen LogP) is 5.42. The van der Waals surface area contributed by atoms with Gasteiger partial charge in [0.15, 0.2) is 11.5 Å². The first kappa shape index (κ1) is 22.2. The van der Waals surface area contributed by atoms with E-state index >= 15 is 0 Å². The van der Waals surface area contributed by atoms with Crippen LogP contribution in [0.3, 0.4) is 0 Å². The summed E-state index contributed by atoms with van der Waals surface area (Å²) in [5.41, 5.74) is 4.39. The number of hydrogen-bond donors (Lipinski definition) is 1. The standard InChI is InChI=1S/C22H18IN3O5/c1-29-19-12-7-14(13-20(19)30-2)21(27)25-24-15-8-10-16(11-9-15)26-31-22(28)17-5-3-4-6-18(17)23/h3-13,26H,1-2H3. The van der Waals surface area contributed by atoms with Crippen molar-refractivity contribution in [1.29, 1.82) is 0 Å². The highest BCUT2D eigenvalue weighted by molar-refractivity contribution is 14.1. The minimum atomic E-state index is -0.519. The minimum absolute atomic E-state index is 0.321. The second kappa shape index (κ2) is 10.5. The van der Waals surface area contributed by atoms with E-state index in [0.717, 1.165) is 3.57 Å². The van der Waals surface area contributed by atoms with Crippen LogP contribution < -0.4 is 15.0 Å². The number of anilines is 1. The molecule has 0 bridgehead atoms. The maximum atomic E-state index is 12.3. The smallest absolute Gasteiger partial charge is 0.363 e. The summed E-state index contributed by atoms with van der Waals surface area (Å²) < 4.78 is 11.1. The Balaban J connectivity index is 1.60. The van der Waals surface area contributed by atoms with E-state index in [4.69, 9.17) is 14.3 Å². The molecule has 0 saturated carbocycles. The summed E-state index contributed by atoms with van der Waals surface area (Å²) in [5.74, 6) is -0.0655. The molecule has 0 aliphatic carbocycles. The van der Waals surface area contributed by atoms with Crippen molar-refractivity contribution in [2.24, 2.45) is 10.2 Å². The largest absolute Gasteiger partial charge is 0.493 e. The number of hydrogen-bond acceptors (Lipinski definition) is 7. The van der Waals surface area contributed by atoms with Crippen LogP contribution in [0.1, 0.15) is 20.7 Å². The number of benzene rings is 3. The summed E-state index contributed by atoms with van der Waals surface area (Å²) in [6.45, 7) is 0. The Morgan fingerprint density at radius 2 is 1.61 bits per heavy atom. The van der Waals surface area contributed by atoms with Gasteiger partial charge in [-0.2, -0.15) is 0 Å². The molecular formula is C22H18IN3O5. The Labute approximate surface area is 192 Å². The average molecular weight is 531 g/mol. The number of halogens is 1. The molecule has 0 saturated heterocycles. The van der Waals surface area contributed by atoms with Crippen LogP contribution in [0.25, 0.3) is 0 Å². The van der Waals surface area contributed by atoms with Crippen molar-refractivity contribution in [2.75, 3.05) is 19.7 Å². The monoisotopic (exact) mass is 531 g/mol. The van der Waals surface area contributed by atoms with Gasteiger partial charge in [-0.25, -0.2) is 10.3 Å². The lowest BCUT2D eigenvalue weighted by Crippen LogP contribution is -2.11. The van der Waals surface area contributed by atoms with E-state index in [2.05, 4.69) is 38.3 Å². The molecule has 0 aliphatic heterocycles. The lowest BCUT2D eigenvalue weighted by atomic mass is 10.2. The van der Waals surface area contributed by atoms with Gasteiger partial charge in [0, 0.05) is 9.13 Å². The molecule has 0 spiro atoms. The van der Waals surface area contributed by atoms with Crippen LogP contribution in [0.2, 0.25) is 0 Å². The first-order valence-electron chi connectivity index (χ1n) is 9.01. The van der Waals surface area contributed by atoms with Gasteiger partial charge < -0.3 is 14.3 Å². The number of amides is 1. The molecule has 0 radical (unpaired) electrons. The second-order valence-corrected chi connectivity index (χ2v) is 7.26. The third-order valence-electron chi connectivity index (χ3n) is 4.11. The number of azo groups is 1. The van der Waals surface area contributed by atoms with E-state index < -0.39 is 11.9 Å². The van der Waals surface area contributed by atoms with Crippen LogP contribution in [0.15, 0.2) is 77.0 Å². The van der Waals surface area contributed by atoms with Crippen molar-refractivity contribution < 1.29 is 23.9 Å². The van der Waals surface area contributed by atoms with Gasteiger partial charge in [-0.1, -0.05) is 12.1 Å². The van der Waals surface area contributed by atoms with Gasteiger partial charge in [0.25, 0.3) is 5.91 Å². The van der Waals surface area contributed by atoms with Crippen molar-refractivity contribution in [3.8, 4) is 11.5 Å². The number of carbonyl (C=O) groups excluding carboxylic acids is 2. The number of methoxy groups -OCH3 is 2. The Bertz CT molecular complexity index is 1120. The van der Waals surface area contributed by atoms with Crippen molar-refractivity contribution >= 4 is 45.8 Å². The van der Waals surface area contributed by atoms with E-state index in [1.165, 1.54) is 20.3 Å². The van der Waals surface area contributed by atoms with Gasteiger partial charge in [-0.15, -0.1) is 10.2 Å². The first-order chi connectivity index (χ1) is 15.0. The molecule has 8 nitrogen and oxygen atoms in total. The van der Waals surface area contributed by atoms with Crippen LogP contribution in [-0.2, 0) is 4.84 Å². The van der Waals surface area contributed by atoms with Crippen molar-refractivity contribution in [1.82, 2.24) is 0 Å². The van der Waals surface area contributed by atoms with Crippen LogP contribution in [-0.4, -0.2) is 26.1 Å². The number of carbonyl (C=O) groups is 2.